The highest BCUT2D eigenvalue weighted by molar-refractivity contribution is 6.24. The van der Waals surface area contributed by atoms with Gasteiger partial charge >= 0.3 is 0 Å². The van der Waals surface area contributed by atoms with Crippen molar-refractivity contribution in [1.29, 1.82) is 0 Å². The highest BCUT2D eigenvalue weighted by atomic mass is 16.1. The summed E-state index contributed by atoms with van der Waals surface area (Å²) in [6.45, 7) is 0. The fraction of sp³-hybridized carbons (Fsp3) is 0. The first kappa shape index (κ1) is 15.2. The monoisotopic (exact) mass is 360 g/mol. The van der Waals surface area contributed by atoms with E-state index in [9.17, 15) is 9.59 Å². The molecule has 0 aliphatic carbocycles. The molecule has 0 aliphatic heterocycles. The first-order valence-electron chi connectivity index (χ1n) is 9.02. The molecule has 0 saturated heterocycles. The SMILES string of the molecule is O=c1c2ccccc2c2nc3c(c(-c4cccnc4)c12)c(=O)c1ccccc13. The van der Waals surface area contributed by atoms with Crippen molar-refractivity contribution in [1.82, 2.24) is 9.97 Å². The van der Waals surface area contributed by atoms with Crippen LogP contribution in [0.3, 0.4) is 0 Å². The molecular weight excluding hydrogens is 348 g/mol. The van der Waals surface area contributed by atoms with Gasteiger partial charge in [0.25, 0.3) is 0 Å². The summed E-state index contributed by atoms with van der Waals surface area (Å²) in [6.07, 6.45) is 3.38. The molecule has 0 atom stereocenters. The van der Waals surface area contributed by atoms with Crippen molar-refractivity contribution in [3.63, 3.8) is 0 Å². The van der Waals surface area contributed by atoms with Gasteiger partial charge in [-0.25, -0.2) is 4.98 Å². The van der Waals surface area contributed by atoms with Crippen LogP contribution in [0.15, 0.2) is 82.6 Å². The molecule has 0 bridgehead atoms. The van der Waals surface area contributed by atoms with Gasteiger partial charge < -0.3 is 0 Å². The van der Waals surface area contributed by atoms with Gasteiger partial charge in [0.1, 0.15) is 0 Å². The van der Waals surface area contributed by atoms with Crippen LogP contribution < -0.4 is 10.9 Å². The van der Waals surface area contributed by atoms with Gasteiger partial charge in [-0.2, -0.15) is 0 Å². The van der Waals surface area contributed by atoms with E-state index in [0.29, 0.717) is 38.1 Å². The Kier molecular flexibility index (Phi) is 2.87. The molecule has 4 aromatic carbocycles. The Morgan fingerprint density at radius 3 is 1.64 bits per heavy atom. The molecule has 4 nitrogen and oxygen atoms in total. The number of benzene rings is 2. The Bertz CT molecular complexity index is 1540. The second-order valence-electron chi connectivity index (χ2n) is 6.93. The van der Waals surface area contributed by atoms with Gasteiger partial charge in [0.05, 0.1) is 21.8 Å². The summed E-state index contributed by atoms with van der Waals surface area (Å²) in [5.74, 6) is 0. The molecule has 28 heavy (non-hydrogen) atoms. The first-order chi connectivity index (χ1) is 13.8. The van der Waals surface area contributed by atoms with E-state index >= 15 is 0 Å². The minimum absolute atomic E-state index is 0.0940. The third-order valence-electron chi connectivity index (χ3n) is 5.46. The highest BCUT2D eigenvalue weighted by Gasteiger charge is 2.23. The van der Waals surface area contributed by atoms with Crippen molar-refractivity contribution in [2.24, 2.45) is 0 Å². The van der Waals surface area contributed by atoms with Crippen LogP contribution in [0.4, 0.5) is 0 Å². The summed E-state index contributed by atoms with van der Waals surface area (Å²) >= 11 is 0. The molecule has 0 radical (unpaired) electrons. The maximum Gasteiger partial charge on any atom is 0.196 e. The van der Waals surface area contributed by atoms with Gasteiger partial charge in [0.15, 0.2) is 10.9 Å². The number of rotatable bonds is 1. The summed E-state index contributed by atoms with van der Waals surface area (Å²) in [5, 5.41) is 3.86. The molecule has 0 aliphatic rings. The van der Waals surface area contributed by atoms with Crippen molar-refractivity contribution in [2.45, 2.75) is 0 Å². The van der Waals surface area contributed by atoms with Crippen molar-refractivity contribution in [2.75, 3.05) is 0 Å². The summed E-state index contributed by atoms with van der Waals surface area (Å²) in [6, 6.07) is 18.6. The normalized spacial score (nSPS) is 11.9. The smallest absolute Gasteiger partial charge is 0.196 e. The van der Waals surface area contributed by atoms with Crippen molar-refractivity contribution in [3.8, 4) is 11.1 Å². The van der Waals surface area contributed by atoms with Crippen LogP contribution in [0.5, 0.6) is 0 Å². The molecule has 0 fully saturated rings. The quantitative estimate of drug-likeness (QED) is 0.437. The van der Waals surface area contributed by atoms with Crippen LogP contribution in [-0.4, -0.2) is 9.97 Å². The maximum absolute atomic E-state index is 13.3. The Morgan fingerprint density at radius 1 is 0.607 bits per heavy atom. The average molecular weight is 360 g/mol. The lowest BCUT2D eigenvalue weighted by molar-refractivity contribution is 1.33. The molecule has 0 N–H and O–H groups in total. The van der Waals surface area contributed by atoms with E-state index in [1.165, 1.54) is 0 Å². The molecule has 0 saturated carbocycles. The number of hydrogen-bond acceptors (Lipinski definition) is 4. The molecule has 0 unspecified atom stereocenters. The largest absolute Gasteiger partial charge is 0.288 e. The van der Waals surface area contributed by atoms with Gasteiger partial charge in [0.2, 0.25) is 0 Å². The van der Waals surface area contributed by atoms with Gasteiger partial charge in [-0.15, -0.1) is 0 Å². The number of pyridine rings is 2. The summed E-state index contributed by atoms with van der Waals surface area (Å²) in [4.78, 5) is 35.6. The van der Waals surface area contributed by atoms with Crippen LogP contribution in [0.25, 0.3) is 54.5 Å². The lowest BCUT2D eigenvalue weighted by Gasteiger charge is -2.05. The third-order valence-corrected chi connectivity index (χ3v) is 5.46. The number of hydrogen-bond donors (Lipinski definition) is 0. The molecule has 6 rings (SSSR count). The van der Waals surface area contributed by atoms with E-state index in [1.54, 1.807) is 12.4 Å². The van der Waals surface area contributed by atoms with E-state index in [4.69, 9.17) is 4.98 Å². The fourth-order valence-corrected chi connectivity index (χ4v) is 4.26. The molecule has 0 spiro atoms. The van der Waals surface area contributed by atoms with Crippen LogP contribution in [-0.2, 0) is 0 Å². The molecule has 6 aromatic rings. The number of nitrogens with zero attached hydrogens (tertiary/aromatic N) is 2. The van der Waals surface area contributed by atoms with E-state index in [0.717, 1.165) is 16.3 Å². The van der Waals surface area contributed by atoms with Gasteiger partial charge in [-0.05, 0) is 6.07 Å². The fourth-order valence-electron chi connectivity index (χ4n) is 4.26. The second-order valence-corrected chi connectivity index (χ2v) is 6.93. The zero-order valence-electron chi connectivity index (χ0n) is 14.6. The van der Waals surface area contributed by atoms with E-state index in [-0.39, 0.29) is 10.9 Å². The summed E-state index contributed by atoms with van der Waals surface area (Å²) in [5.41, 5.74) is 2.48. The molecule has 4 heteroatoms. The minimum Gasteiger partial charge on any atom is -0.288 e. The van der Waals surface area contributed by atoms with Crippen LogP contribution >= 0.6 is 0 Å². The lowest BCUT2D eigenvalue weighted by Crippen LogP contribution is -2.02. The van der Waals surface area contributed by atoms with Gasteiger partial charge in [-0.3, -0.25) is 14.6 Å². The predicted molar refractivity (Wildman–Crippen MR) is 112 cm³/mol. The summed E-state index contributed by atoms with van der Waals surface area (Å²) < 4.78 is 0. The number of fused-ring (bicyclic) bond motifs is 6. The highest BCUT2D eigenvalue weighted by Crippen LogP contribution is 2.37. The zero-order chi connectivity index (χ0) is 18.8. The molecule has 0 amide bonds. The predicted octanol–water partition coefficient (Wildman–Crippen LogP) is 4.35. The Morgan fingerprint density at radius 2 is 1.14 bits per heavy atom. The topological polar surface area (TPSA) is 59.9 Å². The average Bonchev–Trinajstić information content (AvgIpc) is 3.20. The Balaban J connectivity index is 2.02. The zero-order valence-corrected chi connectivity index (χ0v) is 14.6. The Hall–Kier alpha value is -3.92. The van der Waals surface area contributed by atoms with Crippen molar-refractivity contribution < 1.29 is 0 Å². The van der Waals surface area contributed by atoms with Crippen molar-refractivity contribution >= 4 is 43.4 Å². The number of aromatic nitrogens is 2. The molecule has 2 heterocycles. The third kappa shape index (κ3) is 1.79. The molecule has 2 aromatic heterocycles. The maximum atomic E-state index is 13.3. The van der Waals surface area contributed by atoms with Crippen LogP contribution in [0, 0.1) is 0 Å². The standard InChI is InChI=1S/C24H12N2O2/c27-23-16-9-3-1-7-14(16)21-19(23)18(13-6-5-11-25-12-13)20-22(26-21)15-8-2-4-10-17(15)24(20)28/h1-12H. The Labute approximate surface area is 158 Å². The minimum atomic E-state index is -0.0940. The second kappa shape index (κ2) is 5.30. The molecular formula is C24H12N2O2. The van der Waals surface area contributed by atoms with Crippen LogP contribution in [0.1, 0.15) is 0 Å². The molecule has 130 valence electrons. The van der Waals surface area contributed by atoms with Gasteiger partial charge in [0, 0.05) is 45.1 Å². The van der Waals surface area contributed by atoms with E-state index in [2.05, 4.69) is 4.98 Å². The summed E-state index contributed by atoms with van der Waals surface area (Å²) in [7, 11) is 0. The first-order valence-corrected chi connectivity index (χ1v) is 9.02. The lowest BCUT2D eigenvalue weighted by atomic mass is 10.0. The van der Waals surface area contributed by atoms with Gasteiger partial charge in [-0.1, -0.05) is 54.6 Å². The van der Waals surface area contributed by atoms with Crippen LogP contribution in [0.2, 0.25) is 0 Å². The van der Waals surface area contributed by atoms with E-state index < -0.39 is 0 Å². The van der Waals surface area contributed by atoms with Crippen molar-refractivity contribution in [3.05, 3.63) is 93.5 Å². The van der Waals surface area contributed by atoms with E-state index in [1.807, 2.05) is 60.7 Å².